The van der Waals surface area contributed by atoms with Gasteiger partial charge in [-0.2, -0.15) is 0 Å². The molecule has 2 atom stereocenters. The quantitative estimate of drug-likeness (QED) is 0.832. The highest BCUT2D eigenvalue weighted by molar-refractivity contribution is 6.30. The van der Waals surface area contributed by atoms with Crippen LogP contribution in [0.2, 0.25) is 5.02 Å². The van der Waals surface area contributed by atoms with E-state index in [0.717, 1.165) is 18.4 Å². The van der Waals surface area contributed by atoms with Crippen molar-refractivity contribution in [3.8, 4) is 0 Å². The number of aliphatic hydroxyl groups is 1. The predicted octanol–water partition coefficient (Wildman–Crippen LogP) is 2.90. The van der Waals surface area contributed by atoms with Crippen molar-refractivity contribution >= 4 is 11.6 Å². The van der Waals surface area contributed by atoms with Gasteiger partial charge < -0.3 is 10.4 Å². The third-order valence-corrected chi connectivity index (χ3v) is 3.50. The van der Waals surface area contributed by atoms with E-state index in [1.54, 1.807) is 0 Å². The molecule has 0 radical (unpaired) electrons. The van der Waals surface area contributed by atoms with E-state index in [1.807, 2.05) is 24.3 Å². The summed E-state index contributed by atoms with van der Waals surface area (Å²) >= 11 is 5.82. The first-order valence-electron chi connectivity index (χ1n) is 5.69. The minimum absolute atomic E-state index is 0.137. The van der Waals surface area contributed by atoms with Crippen LogP contribution in [0.15, 0.2) is 24.3 Å². The molecule has 1 aromatic carbocycles. The zero-order valence-corrected chi connectivity index (χ0v) is 10.5. The van der Waals surface area contributed by atoms with Gasteiger partial charge >= 0.3 is 0 Å². The summed E-state index contributed by atoms with van der Waals surface area (Å²) in [6.07, 6.45) is 1.66. The van der Waals surface area contributed by atoms with E-state index in [1.165, 1.54) is 0 Å². The van der Waals surface area contributed by atoms with Crippen molar-refractivity contribution in [3.63, 3.8) is 0 Å². The molecule has 0 saturated carbocycles. The zero-order chi connectivity index (χ0) is 11.8. The third-order valence-electron chi connectivity index (χ3n) is 3.25. The summed E-state index contributed by atoms with van der Waals surface area (Å²) in [5.74, 6) is 0. The van der Waals surface area contributed by atoms with Crippen LogP contribution in [0.5, 0.6) is 0 Å². The molecule has 16 heavy (non-hydrogen) atoms. The van der Waals surface area contributed by atoms with Crippen LogP contribution < -0.4 is 5.32 Å². The Bertz CT molecular complexity index is 361. The molecule has 0 unspecified atom stereocenters. The van der Waals surface area contributed by atoms with Crippen LogP contribution in [0.4, 0.5) is 0 Å². The van der Waals surface area contributed by atoms with Gasteiger partial charge in [0.15, 0.2) is 0 Å². The molecule has 2 rings (SSSR count). The second-order valence-corrected chi connectivity index (χ2v) is 5.61. The van der Waals surface area contributed by atoms with Gasteiger partial charge in [0.25, 0.3) is 0 Å². The van der Waals surface area contributed by atoms with E-state index in [9.17, 15) is 5.11 Å². The van der Waals surface area contributed by atoms with Crippen LogP contribution in [-0.2, 0) is 0 Å². The van der Waals surface area contributed by atoms with Crippen molar-refractivity contribution in [2.75, 3.05) is 0 Å². The summed E-state index contributed by atoms with van der Waals surface area (Å²) < 4.78 is 0. The average Bonchev–Trinajstić information content (AvgIpc) is 2.59. The first-order chi connectivity index (χ1) is 7.48. The molecule has 0 amide bonds. The van der Waals surface area contributed by atoms with Crippen molar-refractivity contribution in [3.05, 3.63) is 34.9 Å². The van der Waals surface area contributed by atoms with Crippen LogP contribution in [0.3, 0.4) is 0 Å². The largest absolute Gasteiger partial charge is 0.387 e. The molecule has 0 spiro atoms. The lowest BCUT2D eigenvalue weighted by molar-refractivity contribution is 0.131. The van der Waals surface area contributed by atoms with E-state index < -0.39 is 6.10 Å². The fourth-order valence-corrected chi connectivity index (χ4v) is 2.42. The van der Waals surface area contributed by atoms with E-state index in [4.69, 9.17) is 11.6 Å². The van der Waals surface area contributed by atoms with Gasteiger partial charge in [-0.25, -0.2) is 0 Å². The molecule has 1 aromatic rings. The molecule has 2 N–H and O–H groups in total. The number of hydrogen-bond acceptors (Lipinski definition) is 2. The molecule has 88 valence electrons. The van der Waals surface area contributed by atoms with Crippen molar-refractivity contribution in [2.24, 2.45) is 0 Å². The summed E-state index contributed by atoms with van der Waals surface area (Å²) in [4.78, 5) is 0. The van der Waals surface area contributed by atoms with Crippen molar-refractivity contribution in [1.82, 2.24) is 5.32 Å². The lowest BCUT2D eigenvalue weighted by atomic mass is 10.0. The molecule has 2 nitrogen and oxygen atoms in total. The van der Waals surface area contributed by atoms with Crippen molar-refractivity contribution in [2.45, 2.75) is 44.4 Å². The minimum atomic E-state index is -0.445. The lowest BCUT2D eigenvalue weighted by Crippen LogP contribution is -2.40. The molecule has 0 aromatic heterocycles. The summed E-state index contributed by atoms with van der Waals surface area (Å²) in [5.41, 5.74) is 1.07. The Morgan fingerprint density at radius 3 is 2.50 bits per heavy atom. The number of nitrogens with one attached hydrogen (secondary N) is 1. The lowest BCUT2D eigenvalue weighted by Gasteiger charge is -2.23. The molecular weight excluding hydrogens is 222 g/mol. The van der Waals surface area contributed by atoms with Gasteiger partial charge in [-0.3, -0.25) is 0 Å². The minimum Gasteiger partial charge on any atom is -0.387 e. The summed E-state index contributed by atoms with van der Waals surface area (Å²) in [7, 11) is 0. The van der Waals surface area contributed by atoms with Crippen molar-refractivity contribution < 1.29 is 5.11 Å². The number of hydrogen-bond donors (Lipinski definition) is 2. The Labute approximate surface area is 102 Å². The Hall–Kier alpha value is -0.570. The highest BCUT2D eigenvalue weighted by Gasteiger charge is 2.34. The smallest absolute Gasteiger partial charge is 0.0943 e. The summed E-state index contributed by atoms with van der Waals surface area (Å²) in [6, 6.07) is 7.57. The Morgan fingerprint density at radius 1 is 1.38 bits per heavy atom. The second kappa shape index (κ2) is 4.36. The first kappa shape index (κ1) is 11.9. The first-order valence-corrected chi connectivity index (χ1v) is 6.07. The maximum absolute atomic E-state index is 10.2. The molecule has 1 aliphatic rings. The maximum Gasteiger partial charge on any atom is 0.0943 e. The number of aliphatic hydroxyl groups excluding tert-OH is 1. The average molecular weight is 240 g/mol. The van der Waals surface area contributed by atoms with Crippen LogP contribution in [0.1, 0.15) is 38.4 Å². The summed E-state index contributed by atoms with van der Waals surface area (Å²) in [5, 5.41) is 14.4. The predicted molar refractivity (Wildman–Crippen MR) is 66.6 cm³/mol. The van der Waals surface area contributed by atoms with Crippen molar-refractivity contribution in [1.29, 1.82) is 0 Å². The molecule has 1 saturated heterocycles. The van der Waals surface area contributed by atoms with Gasteiger partial charge in [-0.05, 0) is 44.4 Å². The van der Waals surface area contributed by atoms with Crippen LogP contribution in [0.25, 0.3) is 0 Å². The van der Waals surface area contributed by atoms with Gasteiger partial charge in [-0.15, -0.1) is 0 Å². The van der Waals surface area contributed by atoms with Crippen LogP contribution in [0, 0.1) is 0 Å². The summed E-state index contributed by atoms with van der Waals surface area (Å²) in [6.45, 7) is 4.34. The Kier molecular flexibility index (Phi) is 3.24. The maximum atomic E-state index is 10.2. The highest BCUT2D eigenvalue weighted by Crippen LogP contribution is 2.30. The molecule has 1 heterocycles. The molecular formula is C13H18ClNO. The molecule has 1 aliphatic heterocycles. The molecule has 1 fully saturated rings. The monoisotopic (exact) mass is 239 g/mol. The van der Waals surface area contributed by atoms with E-state index in [-0.39, 0.29) is 11.6 Å². The fourth-order valence-electron chi connectivity index (χ4n) is 2.29. The number of halogens is 1. The standard InChI is InChI=1S/C13H18ClNO/c1-13(2)8-7-11(15-13)12(16)9-3-5-10(14)6-4-9/h3-6,11-12,15-16H,7-8H2,1-2H3/t11-,12-/m1/s1. The Balaban J connectivity index is 2.08. The normalized spacial score (nSPS) is 25.6. The Morgan fingerprint density at radius 2 is 2.00 bits per heavy atom. The third kappa shape index (κ3) is 2.57. The zero-order valence-electron chi connectivity index (χ0n) is 9.70. The van der Waals surface area contributed by atoms with Crippen LogP contribution >= 0.6 is 11.6 Å². The molecule has 0 bridgehead atoms. The van der Waals surface area contributed by atoms with Gasteiger partial charge in [0.1, 0.15) is 0 Å². The SMILES string of the molecule is CC1(C)CC[C@H]([C@H](O)c2ccc(Cl)cc2)N1. The van der Waals surface area contributed by atoms with Crippen LogP contribution in [-0.4, -0.2) is 16.7 Å². The highest BCUT2D eigenvalue weighted by atomic mass is 35.5. The van der Waals surface area contributed by atoms with Gasteiger partial charge in [0.2, 0.25) is 0 Å². The second-order valence-electron chi connectivity index (χ2n) is 5.17. The topological polar surface area (TPSA) is 32.3 Å². The van der Waals surface area contributed by atoms with Gasteiger partial charge in [0, 0.05) is 16.6 Å². The van der Waals surface area contributed by atoms with Gasteiger partial charge in [0.05, 0.1) is 6.10 Å². The molecule has 3 heteroatoms. The van der Waals surface area contributed by atoms with E-state index >= 15 is 0 Å². The number of rotatable bonds is 2. The molecule has 0 aliphatic carbocycles. The van der Waals surface area contributed by atoms with E-state index in [2.05, 4.69) is 19.2 Å². The van der Waals surface area contributed by atoms with E-state index in [0.29, 0.717) is 5.02 Å². The number of benzene rings is 1. The van der Waals surface area contributed by atoms with Gasteiger partial charge in [-0.1, -0.05) is 23.7 Å². The fraction of sp³-hybridized carbons (Fsp3) is 0.538.